The van der Waals surface area contributed by atoms with Gasteiger partial charge in [0.25, 0.3) is 0 Å². The number of benzene rings is 2. The molecule has 122 valence electrons. The van der Waals surface area contributed by atoms with Crippen LogP contribution in [0.5, 0.6) is 0 Å². The molecule has 0 fully saturated rings. The van der Waals surface area contributed by atoms with Gasteiger partial charge in [-0.1, -0.05) is 6.07 Å². The molecule has 6 nitrogen and oxygen atoms in total. The summed E-state index contributed by atoms with van der Waals surface area (Å²) in [5, 5.41) is 2.97. The van der Waals surface area contributed by atoms with Crippen LogP contribution in [0.15, 0.2) is 59.3 Å². The van der Waals surface area contributed by atoms with Crippen LogP contribution in [0.25, 0.3) is 32.8 Å². The monoisotopic (exact) mass is 329 g/mol. The van der Waals surface area contributed by atoms with E-state index in [2.05, 4.69) is 32.9 Å². The molecule has 0 aliphatic heterocycles. The zero-order chi connectivity index (χ0) is 17.0. The van der Waals surface area contributed by atoms with Gasteiger partial charge in [-0.3, -0.25) is 0 Å². The van der Waals surface area contributed by atoms with E-state index in [4.69, 9.17) is 15.9 Å². The highest BCUT2D eigenvalue weighted by Crippen LogP contribution is 2.30. The molecule has 2 aromatic carbocycles. The van der Waals surface area contributed by atoms with Crippen LogP contribution < -0.4 is 11.5 Å². The summed E-state index contributed by atoms with van der Waals surface area (Å²) in [5.74, 6) is 0.600. The predicted molar refractivity (Wildman–Crippen MR) is 99.2 cm³/mol. The summed E-state index contributed by atoms with van der Waals surface area (Å²) in [7, 11) is 0. The average Bonchev–Trinajstić information content (AvgIpc) is 3.21. The maximum Gasteiger partial charge on any atom is 0.222 e. The fourth-order valence-electron chi connectivity index (χ4n) is 3.40. The highest BCUT2D eigenvalue weighted by molar-refractivity contribution is 6.10. The Kier molecular flexibility index (Phi) is 2.76. The second-order valence-corrected chi connectivity index (χ2v) is 6.10. The van der Waals surface area contributed by atoms with Crippen molar-refractivity contribution in [2.75, 3.05) is 11.5 Å². The van der Waals surface area contributed by atoms with Crippen LogP contribution in [0.4, 0.5) is 11.8 Å². The minimum absolute atomic E-state index is 0.192. The molecule has 0 atom stereocenters. The van der Waals surface area contributed by atoms with E-state index in [1.165, 1.54) is 5.56 Å². The fourth-order valence-corrected chi connectivity index (χ4v) is 3.40. The van der Waals surface area contributed by atoms with Gasteiger partial charge in [-0.2, -0.15) is 4.98 Å². The van der Waals surface area contributed by atoms with Gasteiger partial charge in [0.2, 0.25) is 5.95 Å². The summed E-state index contributed by atoms with van der Waals surface area (Å²) in [5.41, 5.74) is 15.7. The summed E-state index contributed by atoms with van der Waals surface area (Å²) >= 11 is 0. The van der Waals surface area contributed by atoms with E-state index in [9.17, 15) is 0 Å². The zero-order valence-electron chi connectivity index (χ0n) is 13.3. The van der Waals surface area contributed by atoms with E-state index in [0.717, 1.165) is 39.3 Å². The van der Waals surface area contributed by atoms with Crippen LogP contribution in [0.1, 0.15) is 5.56 Å². The highest BCUT2D eigenvalue weighted by atomic mass is 16.3. The summed E-state index contributed by atoms with van der Waals surface area (Å²) in [6.45, 7) is 0.756. The standard InChI is InChI=1S/C19H15N5O/c20-18-17-13-5-7-24(15(13)3-2-14(17)22-19(21)23-18)10-11-1-4-16-12(9-11)6-8-25-16/h1-9H,10H2,(H4,20,21,22,23). The Balaban J connectivity index is 1.65. The first-order valence-electron chi connectivity index (χ1n) is 7.96. The lowest BCUT2D eigenvalue weighted by Crippen LogP contribution is -2.01. The number of hydrogen-bond donors (Lipinski definition) is 2. The third-order valence-corrected chi connectivity index (χ3v) is 4.53. The Morgan fingerprint density at radius 1 is 1.00 bits per heavy atom. The largest absolute Gasteiger partial charge is 0.464 e. The molecular formula is C19H15N5O. The van der Waals surface area contributed by atoms with Crippen molar-refractivity contribution in [1.82, 2.24) is 14.5 Å². The number of fused-ring (bicyclic) bond motifs is 4. The highest BCUT2D eigenvalue weighted by Gasteiger charge is 2.11. The summed E-state index contributed by atoms with van der Waals surface area (Å²) in [6.07, 6.45) is 3.76. The molecule has 3 aromatic heterocycles. The Hall–Kier alpha value is -3.54. The first-order chi connectivity index (χ1) is 12.2. The molecule has 25 heavy (non-hydrogen) atoms. The average molecular weight is 329 g/mol. The van der Waals surface area contributed by atoms with Crippen LogP contribution in [-0.2, 0) is 6.54 Å². The Morgan fingerprint density at radius 2 is 1.92 bits per heavy atom. The lowest BCUT2D eigenvalue weighted by atomic mass is 10.1. The molecule has 0 aliphatic carbocycles. The van der Waals surface area contributed by atoms with Gasteiger partial charge in [0.15, 0.2) is 0 Å². The van der Waals surface area contributed by atoms with E-state index in [0.29, 0.717) is 5.82 Å². The number of nitrogens with zero attached hydrogens (tertiary/aromatic N) is 3. The molecule has 3 heterocycles. The third kappa shape index (κ3) is 2.11. The van der Waals surface area contributed by atoms with E-state index < -0.39 is 0 Å². The van der Waals surface area contributed by atoms with Gasteiger partial charge in [0.05, 0.1) is 17.2 Å². The second kappa shape index (κ2) is 4.98. The Labute approximate surface area is 142 Å². The topological polar surface area (TPSA) is 95.9 Å². The normalized spacial score (nSPS) is 11.7. The maximum atomic E-state index is 6.08. The summed E-state index contributed by atoms with van der Waals surface area (Å²) in [4.78, 5) is 8.37. The number of anilines is 2. The van der Waals surface area contributed by atoms with E-state index in [1.54, 1.807) is 6.26 Å². The van der Waals surface area contributed by atoms with Crippen LogP contribution in [0.2, 0.25) is 0 Å². The molecular weight excluding hydrogens is 314 g/mol. The molecule has 4 N–H and O–H groups in total. The quantitative estimate of drug-likeness (QED) is 0.516. The van der Waals surface area contributed by atoms with E-state index >= 15 is 0 Å². The van der Waals surface area contributed by atoms with Crippen molar-refractivity contribution < 1.29 is 4.42 Å². The van der Waals surface area contributed by atoms with Gasteiger partial charge in [-0.05, 0) is 42.0 Å². The predicted octanol–water partition coefficient (Wildman–Crippen LogP) is 3.54. The van der Waals surface area contributed by atoms with E-state index in [1.807, 2.05) is 30.3 Å². The van der Waals surface area contributed by atoms with Crippen molar-refractivity contribution in [3.8, 4) is 0 Å². The SMILES string of the molecule is Nc1nc(N)c2c(ccc3c2ccn3Cc2ccc3occc3c2)n1. The van der Waals surface area contributed by atoms with Crippen LogP contribution in [-0.4, -0.2) is 14.5 Å². The number of furan rings is 1. The van der Waals surface area contributed by atoms with Crippen LogP contribution >= 0.6 is 0 Å². The molecule has 0 aliphatic rings. The number of nitrogen functional groups attached to an aromatic ring is 2. The first kappa shape index (κ1) is 13.9. The van der Waals surface area contributed by atoms with Crippen LogP contribution in [0.3, 0.4) is 0 Å². The molecule has 0 saturated heterocycles. The number of rotatable bonds is 2. The maximum absolute atomic E-state index is 6.08. The third-order valence-electron chi connectivity index (χ3n) is 4.53. The molecule has 6 heteroatoms. The van der Waals surface area contributed by atoms with Crippen molar-refractivity contribution in [3.63, 3.8) is 0 Å². The molecule has 0 unspecified atom stereocenters. The summed E-state index contributed by atoms with van der Waals surface area (Å²) < 4.78 is 7.59. The molecule has 0 saturated carbocycles. The van der Waals surface area contributed by atoms with Gasteiger partial charge in [-0.25, -0.2) is 4.98 Å². The second-order valence-electron chi connectivity index (χ2n) is 6.10. The van der Waals surface area contributed by atoms with E-state index in [-0.39, 0.29) is 5.95 Å². The molecule has 0 spiro atoms. The van der Waals surface area contributed by atoms with Gasteiger partial charge in [-0.15, -0.1) is 0 Å². The minimum Gasteiger partial charge on any atom is -0.464 e. The number of hydrogen-bond acceptors (Lipinski definition) is 5. The lowest BCUT2D eigenvalue weighted by molar-refractivity contribution is 0.615. The molecule has 0 radical (unpaired) electrons. The van der Waals surface area contributed by atoms with Gasteiger partial charge < -0.3 is 20.5 Å². The number of nitrogens with two attached hydrogens (primary N) is 2. The van der Waals surface area contributed by atoms with Crippen molar-refractivity contribution in [1.29, 1.82) is 0 Å². The van der Waals surface area contributed by atoms with Gasteiger partial charge >= 0.3 is 0 Å². The zero-order valence-corrected chi connectivity index (χ0v) is 13.3. The van der Waals surface area contributed by atoms with Crippen molar-refractivity contribution >= 4 is 44.5 Å². The fraction of sp³-hybridized carbons (Fsp3) is 0.0526. The Bertz CT molecular complexity index is 1250. The molecule has 0 amide bonds. The Morgan fingerprint density at radius 3 is 2.84 bits per heavy atom. The molecule has 0 bridgehead atoms. The lowest BCUT2D eigenvalue weighted by Gasteiger charge is -2.08. The number of aromatic nitrogens is 3. The smallest absolute Gasteiger partial charge is 0.222 e. The van der Waals surface area contributed by atoms with Crippen molar-refractivity contribution in [3.05, 3.63) is 60.5 Å². The van der Waals surface area contributed by atoms with Crippen molar-refractivity contribution in [2.45, 2.75) is 6.54 Å². The first-order valence-corrected chi connectivity index (χ1v) is 7.96. The van der Waals surface area contributed by atoms with Crippen molar-refractivity contribution in [2.24, 2.45) is 0 Å². The minimum atomic E-state index is 0.192. The van der Waals surface area contributed by atoms with Gasteiger partial charge in [0, 0.05) is 29.0 Å². The van der Waals surface area contributed by atoms with Crippen LogP contribution in [0, 0.1) is 0 Å². The molecule has 5 rings (SSSR count). The summed E-state index contributed by atoms with van der Waals surface area (Å²) in [6, 6.07) is 14.2. The van der Waals surface area contributed by atoms with Gasteiger partial charge in [0.1, 0.15) is 11.4 Å². The molecule has 5 aromatic rings.